The van der Waals surface area contributed by atoms with E-state index in [4.69, 9.17) is 4.74 Å². The zero-order valence-electron chi connectivity index (χ0n) is 13.9. The molecule has 0 fully saturated rings. The molecule has 1 amide bonds. The zero-order valence-corrected chi connectivity index (χ0v) is 13.9. The molecule has 2 aromatic rings. The maximum absolute atomic E-state index is 12.2. The number of nitrogens with one attached hydrogen (secondary N) is 1. The van der Waals surface area contributed by atoms with E-state index in [1.165, 1.54) is 30.3 Å². The fourth-order valence-electron chi connectivity index (χ4n) is 2.14. The second-order valence-electron chi connectivity index (χ2n) is 5.30. The number of hydrogen-bond acceptors (Lipinski definition) is 5. The number of anilines is 1. The maximum Gasteiger partial charge on any atom is 0.573 e. The van der Waals surface area contributed by atoms with Crippen LogP contribution in [0, 0.1) is 10.1 Å². The summed E-state index contributed by atoms with van der Waals surface area (Å²) in [6.45, 7) is 0.0650. The molecule has 0 aliphatic heterocycles. The number of amides is 1. The molecule has 0 saturated heterocycles. The number of hydrogen-bond donors (Lipinski definition) is 1. The van der Waals surface area contributed by atoms with Gasteiger partial charge in [-0.25, -0.2) is 0 Å². The molecule has 1 N–H and O–H groups in total. The van der Waals surface area contributed by atoms with Crippen molar-refractivity contribution in [2.75, 3.05) is 11.9 Å². The number of carbonyl (C=O) groups excluding carboxylic acids is 1. The van der Waals surface area contributed by atoms with Gasteiger partial charge in [-0.15, -0.1) is 13.2 Å². The van der Waals surface area contributed by atoms with E-state index in [1.54, 1.807) is 6.07 Å². The Labute approximate surface area is 151 Å². The number of nitro groups is 1. The lowest BCUT2D eigenvalue weighted by atomic mass is 10.2. The Hall–Kier alpha value is -3.30. The summed E-state index contributed by atoms with van der Waals surface area (Å²) in [4.78, 5) is 22.1. The number of nitrogens with zero attached hydrogens (tertiary/aromatic N) is 1. The third kappa shape index (κ3) is 6.84. The lowest BCUT2D eigenvalue weighted by Gasteiger charge is -2.11. The summed E-state index contributed by atoms with van der Waals surface area (Å²) in [5.41, 5.74) is -0.0233. The van der Waals surface area contributed by atoms with E-state index < -0.39 is 22.9 Å². The molecule has 7 nitrogen and oxygen atoms in total. The van der Waals surface area contributed by atoms with Crippen LogP contribution in [0.1, 0.15) is 12.8 Å². The lowest BCUT2D eigenvalue weighted by molar-refractivity contribution is -0.385. The van der Waals surface area contributed by atoms with Crippen LogP contribution in [0.3, 0.4) is 0 Å². The van der Waals surface area contributed by atoms with Gasteiger partial charge in [0, 0.05) is 24.2 Å². The second kappa shape index (κ2) is 8.88. The molecule has 2 rings (SSSR count). The van der Waals surface area contributed by atoms with E-state index in [9.17, 15) is 28.1 Å². The molecule has 0 unspecified atom stereocenters. The number of alkyl halides is 3. The van der Waals surface area contributed by atoms with Gasteiger partial charge in [0.15, 0.2) is 5.75 Å². The first kappa shape index (κ1) is 20.0. The van der Waals surface area contributed by atoms with Gasteiger partial charge in [0.05, 0.1) is 11.5 Å². The smallest absolute Gasteiger partial charge is 0.487 e. The standard InChI is InChI=1S/C17H15F3N2O5/c18-17(19,20)27-13-6-3-5-12(11-13)21-16(23)9-4-10-26-15-8-2-1-7-14(15)22(24)25/h1-3,5-8,11H,4,9-10H2,(H,21,23). The number of para-hydroxylation sites is 2. The first-order valence-corrected chi connectivity index (χ1v) is 7.76. The van der Waals surface area contributed by atoms with Gasteiger partial charge < -0.3 is 14.8 Å². The number of ether oxygens (including phenoxy) is 2. The molecule has 2 aromatic carbocycles. The Bertz CT molecular complexity index is 811. The summed E-state index contributed by atoms with van der Waals surface area (Å²) >= 11 is 0. The molecule has 10 heteroatoms. The number of halogens is 3. The summed E-state index contributed by atoms with van der Waals surface area (Å²) in [7, 11) is 0. The van der Waals surface area contributed by atoms with E-state index >= 15 is 0 Å². The Morgan fingerprint density at radius 2 is 1.89 bits per heavy atom. The average molecular weight is 384 g/mol. The fourth-order valence-corrected chi connectivity index (χ4v) is 2.14. The van der Waals surface area contributed by atoms with Gasteiger partial charge >= 0.3 is 12.0 Å². The third-order valence-electron chi connectivity index (χ3n) is 3.22. The quantitative estimate of drug-likeness (QED) is 0.416. The van der Waals surface area contributed by atoms with E-state index in [0.717, 1.165) is 12.1 Å². The topological polar surface area (TPSA) is 90.7 Å². The highest BCUT2D eigenvalue weighted by Crippen LogP contribution is 2.26. The molecule has 0 atom stereocenters. The van der Waals surface area contributed by atoms with Gasteiger partial charge in [-0.2, -0.15) is 0 Å². The van der Waals surface area contributed by atoms with Gasteiger partial charge in [-0.3, -0.25) is 14.9 Å². The van der Waals surface area contributed by atoms with Crippen LogP contribution in [0.5, 0.6) is 11.5 Å². The number of benzene rings is 2. The Morgan fingerprint density at radius 3 is 2.59 bits per heavy atom. The summed E-state index contributed by atoms with van der Waals surface area (Å²) in [5.74, 6) is -0.787. The molecule has 0 aliphatic carbocycles. The van der Waals surface area contributed by atoms with E-state index in [1.807, 2.05) is 0 Å². The maximum atomic E-state index is 12.2. The molecule has 0 aromatic heterocycles. The molecule has 0 radical (unpaired) electrons. The summed E-state index contributed by atoms with van der Waals surface area (Å²) < 4.78 is 45.7. The van der Waals surface area contributed by atoms with E-state index in [-0.39, 0.29) is 36.6 Å². The van der Waals surface area contributed by atoms with Crippen LogP contribution in [0.2, 0.25) is 0 Å². The van der Waals surface area contributed by atoms with Crippen LogP contribution >= 0.6 is 0 Å². The van der Waals surface area contributed by atoms with Crippen molar-refractivity contribution < 1.29 is 32.4 Å². The first-order valence-electron chi connectivity index (χ1n) is 7.76. The van der Waals surface area contributed by atoms with Crippen molar-refractivity contribution in [3.05, 3.63) is 58.6 Å². The average Bonchev–Trinajstić information content (AvgIpc) is 2.57. The van der Waals surface area contributed by atoms with Gasteiger partial charge in [0.25, 0.3) is 0 Å². The predicted molar refractivity (Wildman–Crippen MR) is 89.6 cm³/mol. The SMILES string of the molecule is O=C(CCCOc1ccccc1[N+](=O)[O-])Nc1cccc(OC(F)(F)F)c1. The minimum absolute atomic E-state index is 0.0188. The van der Waals surface area contributed by atoms with Crippen molar-refractivity contribution in [3.63, 3.8) is 0 Å². The zero-order chi connectivity index (χ0) is 19.9. The highest BCUT2D eigenvalue weighted by molar-refractivity contribution is 5.90. The first-order chi connectivity index (χ1) is 12.7. The van der Waals surface area contributed by atoms with E-state index in [2.05, 4.69) is 10.1 Å². The van der Waals surface area contributed by atoms with Crippen molar-refractivity contribution in [3.8, 4) is 11.5 Å². The largest absolute Gasteiger partial charge is 0.573 e. The molecule has 0 aliphatic rings. The predicted octanol–water partition coefficient (Wildman–Crippen LogP) is 4.29. The Kier molecular flexibility index (Phi) is 6.58. The molecule has 0 heterocycles. The molecular formula is C17H15F3N2O5. The monoisotopic (exact) mass is 384 g/mol. The van der Waals surface area contributed by atoms with Crippen molar-refractivity contribution in [1.82, 2.24) is 0 Å². The molecule has 0 spiro atoms. The summed E-state index contributed by atoms with van der Waals surface area (Å²) in [6.07, 6.45) is -4.54. The van der Waals surface area contributed by atoms with Crippen LogP contribution in [-0.4, -0.2) is 23.8 Å². The lowest BCUT2D eigenvalue weighted by Crippen LogP contribution is -2.17. The van der Waals surface area contributed by atoms with Gasteiger partial charge in [-0.1, -0.05) is 18.2 Å². The van der Waals surface area contributed by atoms with Crippen molar-refractivity contribution >= 4 is 17.3 Å². The minimum atomic E-state index is -4.82. The molecular weight excluding hydrogens is 369 g/mol. The van der Waals surface area contributed by atoms with Crippen molar-refractivity contribution in [1.29, 1.82) is 0 Å². The normalized spacial score (nSPS) is 10.9. The highest BCUT2D eigenvalue weighted by atomic mass is 19.4. The number of carbonyl (C=O) groups is 1. The Balaban J connectivity index is 1.80. The number of nitro benzene ring substituents is 1. The molecule has 144 valence electrons. The van der Waals surface area contributed by atoms with Gasteiger partial charge in [-0.05, 0) is 24.6 Å². The van der Waals surface area contributed by atoms with Crippen LogP contribution in [0.4, 0.5) is 24.5 Å². The Morgan fingerprint density at radius 1 is 1.15 bits per heavy atom. The molecule has 0 saturated carbocycles. The van der Waals surface area contributed by atoms with Crippen molar-refractivity contribution in [2.45, 2.75) is 19.2 Å². The van der Waals surface area contributed by atoms with Crippen LogP contribution in [0.25, 0.3) is 0 Å². The van der Waals surface area contributed by atoms with E-state index in [0.29, 0.717) is 0 Å². The molecule has 0 bridgehead atoms. The van der Waals surface area contributed by atoms with Crippen LogP contribution in [0.15, 0.2) is 48.5 Å². The third-order valence-corrected chi connectivity index (χ3v) is 3.22. The van der Waals surface area contributed by atoms with Gasteiger partial charge in [0.2, 0.25) is 5.91 Å². The van der Waals surface area contributed by atoms with Crippen molar-refractivity contribution in [2.24, 2.45) is 0 Å². The number of rotatable bonds is 8. The molecule has 27 heavy (non-hydrogen) atoms. The van der Waals surface area contributed by atoms with Crippen LogP contribution in [-0.2, 0) is 4.79 Å². The summed E-state index contributed by atoms with van der Waals surface area (Å²) in [6, 6.07) is 10.8. The summed E-state index contributed by atoms with van der Waals surface area (Å²) in [5, 5.41) is 13.3. The van der Waals surface area contributed by atoms with Gasteiger partial charge in [0.1, 0.15) is 5.75 Å². The van der Waals surface area contributed by atoms with Crippen LogP contribution < -0.4 is 14.8 Å². The minimum Gasteiger partial charge on any atom is -0.487 e. The second-order valence-corrected chi connectivity index (χ2v) is 5.30. The highest BCUT2D eigenvalue weighted by Gasteiger charge is 2.31. The fraction of sp³-hybridized carbons (Fsp3) is 0.235.